The highest BCUT2D eigenvalue weighted by atomic mass is 32.2. The van der Waals surface area contributed by atoms with E-state index in [1.54, 1.807) is 51.1 Å². The number of rotatable bonds is 4. The molecule has 2 aromatic carbocycles. The molecule has 0 radical (unpaired) electrons. The fourth-order valence-electron chi connectivity index (χ4n) is 1.61. The van der Waals surface area contributed by atoms with Crippen LogP contribution in [0.5, 0.6) is 11.5 Å². The molecule has 0 amide bonds. The zero-order valence-corrected chi connectivity index (χ0v) is 13.9. The lowest BCUT2D eigenvalue weighted by molar-refractivity contribution is 0.407. The Kier molecular flexibility index (Phi) is 5.38. The molecule has 2 aromatic rings. The second-order valence-electron chi connectivity index (χ2n) is 5.79. The fraction of sp³-hybridized carbons (Fsp3) is 0.235. The van der Waals surface area contributed by atoms with Crippen LogP contribution in [0.15, 0.2) is 46.9 Å². The molecule has 0 aromatic heterocycles. The molecule has 23 heavy (non-hydrogen) atoms. The predicted molar refractivity (Wildman–Crippen MR) is 88.4 cm³/mol. The number of hydrogen-bond donors (Lipinski definition) is 0. The Balaban J connectivity index is 2.30. The smallest absolute Gasteiger partial charge is 0.199 e. The van der Waals surface area contributed by atoms with Crippen molar-refractivity contribution in [1.82, 2.24) is 0 Å². The molecule has 2 rings (SSSR count). The first kappa shape index (κ1) is 17.4. The van der Waals surface area contributed by atoms with Gasteiger partial charge in [0.2, 0.25) is 0 Å². The molecule has 0 heterocycles. The molecular formula is C17H17F2NO2S. The Bertz CT molecular complexity index is 700. The first-order valence-electron chi connectivity index (χ1n) is 6.96. The number of hydrogen-bond acceptors (Lipinski definition) is 3. The molecule has 0 N–H and O–H groups in total. The number of nitrogens with zero attached hydrogens (tertiary/aromatic N) is 1. The standard InChI is InChI=1S/C17H17F2NO2S/c1-17(2,3)23(21)20-11-12-9-10-14(18)16(15(12)19)22-13-7-5-4-6-8-13/h4-11H,1-3H3/t23-/m0/s1. The van der Waals surface area contributed by atoms with Gasteiger partial charge in [-0.1, -0.05) is 22.6 Å². The number of para-hydroxylation sites is 1. The van der Waals surface area contributed by atoms with Gasteiger partial charge >= 0.3 is 0 Å². The highest BCUT2D eigenvalue weighted by Gasteiger charge is 2.26. The van der Waals surface area contributed by atoms with Gasteiger partial charge in [-0.3, -0.25) is 0 Å². The molecule has 0 fully saturated rings. The van der Waals surface area contributed by atoms with Crippen LogP contribution in [-0.4, -0.2) is 15.5 Å². The van der Waals surface area contributed by atoms with Crippen LogP contribution in [0.25, 0.3) is 0 Å². The minimum atomic E-state index is -1.53. The van der Waals surface area contributed by atoms with Gasteiger partial charge in [0, 0.05) is 5.56 Å². The van der Waals surface area contributed by atoms with Crippen LogP contribution in [0.2, 0.25) is 0 Å². The summed E-state index contributed by atoms with van der Waals surface area (Å²) < 4.78 is 48.7. The Morgan fingerprint density at radius 1 is 1.09 bits per heavy atom. The van der Waals surface area contributed by atoms with Crippen molar-refractivity contribution < 1.29 is 18.1 Å². The Morgan fingerprint density at radius 2 is 1.74 bits per heavy atom. The molecule has 0 bridgehead atoms. The minimum absolute atomic E-state index is 0.00920. The third kappa shape index (κ3) is 4.53. The molecule has 6 heteroatoms. The van der Waals surface area contributed by atoms with E-state index in [1.807, 2.05) is 0 Å². The van der Waals surface area contributed by atoms with Gasteiger partial charge in [0.05, 0.1) is 6.21 Å². The SMILES string of the molecule is CC(C)(C)[S@+]([O-])N=Cc1ccc(F)c(Oc2ccccc2)c1F. The molecule has 122 valence electrons. The van der Waals surface area contributed by atoms with Crippen LogP contribution in [0.4, 0.5) is 8.78 Å². The quantitative estimate of drug-likeness (QED) is 0.603. The summed E-state index contributed by atoms with van der Waals surface area (Å²) in [7, 11) is 0. The van der Waals surface area contributed by atoms with Crippen LogP contribution in [0.1, 0.15) is 26.3 Å². The van der Waals surface area contributed by atoms with E-state index < -0.39 is 33.5 Å². The lowest BCUT2D eigenvalue weighted by Gasteiger charge is -2.17. The fourth-order valence-corrected chi connectivity index (χ4v) is 2.14. The van der Waals surface area contributed by atoms with Crippen molar-refractivity contribution in [3.8, 4) is 11.5 Å². The lowest BCUT2D eigenvalue weighted by Crippen LogP contribution is -2.25. The summed E-state index contributed by atoms with van der Waals surface area (Å²) >= 11 is -1.53. The van der Waals surface area contributed by atoms with Gasteiger partial charge in [-0.15, -0.1) is 0 Å². The second kappa shape index (κ2) is 7.10. The van der Waals surface area contributed by atoms with Crippen molar-refractivity contribution >= 4 is 17.6 Å². The van der Waals surface area contributed by atoms with Crippen molar-refractivity contribution in [1.29, 1.82) is 0 Å². The van der Waals surface area contributed by atoms with Gasteiger partial charge in [-0.25, -0.2) is 8.78 Å². The second-order valence-corrected chi connectivity index (χ2v) is 7.72. The van der Waals surface area contributed by atoms with Crippen molar-refractivity contribution in [3.63, 3.8) is 0 Å². The number of benzene rings is 2. The summed E-state index contributed by atoms with van der Waals surface area (Å²) in [5.74, 6) is -1.90. The van der Waals surface area contributed by atoms with E-state index in [1.165, 1.54) is 6.07 Å². The average Bonchev–Trinajstić information content (AvgIpc) is 2.50. The monoisotopic (exact) mass is 337 g/mol. The van der Waals surface area contributed by atoms with Crippen LogP contribution >= 0.6 is 0 Å². The van der Waals surface area contributed by atoms with Gasteiger partial charge in [0.15, 0.2) is 17.4 Å². The largest absolute Gasteiger partial charge is 0.591 e. The summed E-state index contributed by atoms with van der Waals surface area (Å²) in [4.78, 5) is 0. The van der Waals surface area contributed by atoms with Crippen molar-refractivity contribution in [2.75, 3.05) is 0 Å². The minimum Gasteiger partial charge on any atom is -0.591 e. The number of ether oxygens (including phenoxy) is 1. The summed E-state index contributed by atoms with van der Waals surface area (Å²) in [6.07, 6.45) is 1.13. The maximum Gasteiger partial charge on any atom is 0.199 e. The van der Waals surface area contributed by atoms with E-state index >= 15 is 0 Å². The molecule has 0 saturated heterocycles. The van der Waals surface area contributed by atoms with E-state index in [4.69, 9.17) is 4.74 Å². The molecule has 0 unspecified atom stereocenters. The van der Waals surface area contributed by atoms with Crippen LogP contribution in [-0.2, 0) is 11.4 Å². The van der Waals surface area contributed by atoms with Crippen molar-refractivity contribution in [2.24, 2.45) is 4.40 Å². The Labute approximate surface area is 137 Å². The first-order valence-corrected chi connectivity index (χ1v) is 8.06. The summed E-state index contributed by atoms with van der Waals surface area (Å²) in [5, 5.41) is 0. The predicted octanol–water partition coefficient (Wildman–Crippen LogP) is 4.64. The summed E-state index contributed by atoms with van der Waals surface area (Å²) in [6, 6.07) is 10.7. The van der Waals surface area contributed by atoms with Crippen LogP contribution in [0.3, 0.4) is 0 Å². The lowest BCUT2D eigenvalue weighted by atomic mass is 10.2. The van der Waals surface area contributed by atoms with E-state index in [-0.39, 0.29) is 5.56 Å². The van der Waals surface area contributed by atoms with Gasteiger partial charge in [-0.2, -0.15) is 0 Å². The summed E-state index contributed by atoms with van der Waals surface area (Å²) in [5.41, 5.74) is 0.00920. The van der Waals surface area contributed by atoms with Gasteiger partial charge in [0.1, 0.15) is 21.9 Å². The normalized spacial score (nSPS) is 13.3. The highest BCUT2D eigenvalue weighted by Crippen LogP contribution is 2.29. The van der Waals surface area contributed by atoms with Crippen LogP contribution in [0, 0.1) is 11.6 Å². The van der Waals surface area contributed by atoms with Gasteiger partial charge in [-0.05, 0) is 45.0 Å². The third-order valence-electron chi connectivity index (χ3n) is 2.85. The maximum atomic E-state index is 14.4. The highest BCUT2D eigenvalue weighted by molar-refractivity contribution is 7.91. The topological polar surface area (TPSA) is 44.7 Å². The van der Waals surface area contributed by atoms with E-state index in [2.05, 4.69) is 4.40 Å². The molecule has 0 aliphatic heterocycles. The Hall–Kier alpha value is -1.92. The zero-order chi connectivity index (χ0) is 17.0. The van der Waals surface area contributed by atoms with Gasteiger partial charge in [0.25, 0.3) is 0 Å². The average molecular weight is 337 g/mol. The maximum absolute atomic E-state index is 14.4. The van der Waals surface area contributed by atoms with Gasteiger partial charge < -0.3 is 9.29 Å². The first-order chi connectivity index (χ1) is 10.8. The summed E-state index contributed by atoms with van der Waals surface area (Å²) in [6.45, 7) is 5.27. The zero-order valence-electron chi connectivity index (χ0n) is 13.0. The van der Waals surface area contributed by atoms with E-state index in [0.29, 0.717) is 5.75 Å². The van der Waals surface area contributed by atoms with E-state index in [0.717, 1.165) is 12.3 Å². The van der Waals surface area contributed by atoms with Crippen molar-refractivity contribution in [2.45, 2.75) is 25.5 Å². The molecule has 0 aliphatic rings. The molecule has 0 saturated carbocycles. The molecular weight excluding hydrogens is 320 g/mol. The third-order valence-corrected chi connectivity index (χ3v) is 4.20. The van der Waals surface area contributed by atoms with E-state index in [9.17, 15) is 13.3 Å². The molecule has 3 nitrogen and oxygen atoms in total. The molecule has 0 aliphatic carbocycles. The number of halogens is 2. The Morgan fingerprint density at radius 3 is 2.35 bits per heavy atom. The molecule has 0 spiro atoms. The molecule has 1 atom stereocenters. The van der Waals surface area contributed by atoms with Crippen LogP contribution < -0.4 is 4.74 Å². The van der Waals surface area contributed by atoms with Crippen molar-refractivity contribution in [3.05, 3.63) is 59.7 Å².